The van der Waals surface area contributed by atoms with Crippen LogP contribution < -0.4 is 10.2 Å². The lowest BCUT2D eigenvalue weighted by molar-refractivity contribution is -0.137. The average molecular weight is 396 g/mol. The summed E-state index contributed by atoms with van der Waals surface area (Å²) >= 11 is 0. The number of rotatable bonds is 2. The van der Waals surface area contributed by atoms with Crippen molar-refractivity contribution in [3.05, 3.63) is 53.9 Å². The number of hydrogen-bond acceptors (Lipinski definition) is 4. The van der Waals surface area contributed by atoms with Crippen molar-refractivity contribution in [2.45, 2.75) is 19.0 Å². The van der Waals surface area contributed by atoms with Crippen molar-refractivity contribution in [2.75, 3.05) is 16.8 Å². The third kappa shape index (κ3) is 3.59. The van der Waals surface area contributed by atoms with E-state index in [1.165, 1.54) is 12.4 Å². The number of anilines is 3. The van der Waals surface area contributed by atoms with Gasteiger partial charge in [-0.05, 0) is 54.7 Å². The number of nitrogens with zero attached hydrogens (tertiary/aromatic N) is 3. The summed E-state index contributed by atoms with van der Waals surface area (Å²) in [7, 11) is 0. The van der Waals surface area contributed by atoms with E-state index in [9.17, 15) is 18.0 Å². The molecule has 0 aliphatic carbocycles. The maximum absolute atomic E-state index is 13.2. The number of hydrogen-bond donors (Lipinski definition) is 1. The summed E-state index contributed by atoms with van der Waals surface area (Å²) in [5.41, 5.74) is 1.66. The van der Waals surface area contributed by atoms with Crippen LogP contribution in [0.2, 0.25) is 0 Å². The Morgan fingerprint density at radius 2 is 2.00 bits per heavy atom. The molecule has 2 aromatic carbocycles. The highest BCUT2D eigenvalue weighted by Gasteiger charge is 2.32. The molecule has 8 heteroatoms. The number of benzene rings is 2. The van der Waals surface area contributed by atoms with E-state index in [-0.39, 0.29) is 0 Å². The molecule has 0 bridgehead atoms. The second-order valence-electron chi connectivity index (χ2n) is 6.62. The van der Waals surface area contributed by atoms with Gasteiger partial charge in [0.25, 0.3) is 5.91 Å². The number of carbonyl (C=O) groups excluding carboxylic acids is 1. The van der Waals surface area contributed by atoms with Gasteiger partial charge in [-0.3, -0.25) is 4.79 Å². The van der Waals surface area contributed by atoms with Crippen molar-refractivity contribution >= 4 is 34.0 Å². The fourth-order valence-corrected chi connectivity index (χ4v) is 3.47. The third-order valence-corrected chi connectivity index (χ3v) is 4.79. The molecule has 1 N–H and O–H groups in total. The Labute approximate surface area is 164 Å². The van der Waals surface area contributed by atoms with Gasteiger partial charge in [0.15, 0.2) is 0 Å². The minimum Gasteiger partial charge on any atom is -0.325 e. The normalized spacial score (nSPS) is 13.7. The molecule has 2 heterocycles. The molecule has 0 unspecified atom stereocenters. The molecule has 0 saturated heterocycles. The standard InChI is InChI=1S/C21H15F3N4O/c1-2-19(29)27-15-7-8-17-16(11-15)20(26-12-25-17)28-9-3-4-13-5-6-14(10-18(13)28)21(22,23)24/h1,5-8,10-12H,3-4,9H2,(H,27,29). The quantitative estimate of drug-likeness (QED) is 0.656. The Bertz CT molecular complexity index is 1150. The summed E-state index contributed by atoms with van der Waals surface area (Å²) in [5, 5.41) is 3.17. The molecule has 0 radical (unpaired) electrons. The van der Waals surface area contributed by atoms with Crippen molar-refractivity contribution in [1.82, 2.24) is 9.97 Å². The van der Waals surface area contributed by atoms with E-state index < -0.39 is 17.6 Å². The molecular formula is C21H15F3N4O. The fourth-order valence-electron chi connectivity index (χ4n) is 3.47. The topological polar surface area (TPSA) is 58.1 Å². The van der Waals surface area contributed by atoms with Crippen molar-refractivity contribution in [3.63, 3.8) is 0 Å². The summed E-state index contributed by atoms with van der Waals surface area (Å²) in [6.45, 7) is 0.515. The van der Waals surface area contributed by atoms with E-state index in [4.69, 9.17) is 6.42 Å². The van der Waals surface area contributed by atoms with Gasteiger partial charge in [0.1, 0.15) is 12.1 Å². The van der Waals surface area contributed by atoms with Crippen LogP contribution in [0.5, 0.6) is 0 Å². The van der Waals surface area contributed by atoms with Crippen LogP contribution in [0, 0.1) is 12.3 Å². The van der Waals surface area contributed by atoms with Crippen LogP contribution in [0.25, 0.3) is 10.9 Å². The fraction of sp³-hybridized carbons (Fsp3) is 0.190. The lowest BCUT2D eigenvalue weighted by Crippen LogP contribution is -2.26. The van der Waals surface area contributed by atoms with Crippen molar-refractivity contribution in [3.8, 4) is 12.3 Å². The SMILES string of the molecule is C#CC(=O)Nc1ccc2ncnc(N3CCCc4ccc(C(F)(F)F)cc43)c2c1. The van der Waals surface area contributed by atoms with Crippen LogP contribution in [0.3, 0.4) is 0 Å². The highest BCUT2D eigenvalue weighted by atomic mass is 19.4. The summed E-state index contributed by atoms with van der Waals surface area (Å²) < 4.78 is 39.7. The zero-order chi connectivity index (χ0) is 20.6. The minimum absolute atomic E-state index is 0.456. The number of aryl methyl sites for hydroxylation is 1. The van der Waals surface area contributed by atoms with E-state index in [0.29, 0.717) is 41.1 Å². The lowest BCUT2D eigenvalue weighted by atomic mass is 9.99. The predicted molar refractivity (Wildman–Crippen MR) is 104 cm³/mol. The van der Waals surface area contributed by atoms with Gasteiger partial charge >= 0.3 is 6.18 Å². The number of alkyl halides is 3. The first-order chi connectivity index (χ1) is 13.9. The van der Waals surface area contributed by atoms with Crippen LogP contribution in [0.4, 0.5) is 30.4 Å². The van der Waals surface area contributed by atoms with Crippen LogP contribution in [-0.4, -0.2) is 22.4 Å². The van der Waals surface area contributed by atoms with Gasteiger partial charge in [0.2, 0.25) is 0 Å². The molecular weight excluding hydrogens is 381 g/mol. The molecule has 0 spiro atoms. The number of fused-ring (bicyclic) bond motifs is 2. The second-order valence-corrected chi connectivity index (χ2v) is 6.62. The summed E-state index contributed by atoms with van der Waals surface area (Å²) in [5.74, 6) is 1.86. The van der Waals surface area contributed by atoms with Gasteiger partial charge < -0.3 is 10.2 Å². The summed E-state index contributed by atoms with van der Waals surface area (Å²) in [4.78, 5) is 21.8. The van der Waals surface area contributed by atoms with E-state index in [1.807, 2.05) is 5.92 Å². The first kappa shape index (κ1) is 18.7. The van der Waals surface area contributed by atoms with E-state index in [1.54, 1.807) is 23.1 Å². The number of terminal acetylenes is 1. The molecule has 146 valence electrons. The number of carbonyl (C=O) groups is 1. The third-order valence-electron chi connectivity index (χ3n) is 4.79. The molecule has 0 saturated carbocycles. The first-order valence-corrected chi connectivity index (χ1v) is 8.87. The zero-order valence-corrected chi connectivity index (χ0v) is 15.1. The molecule has 0 fully saturated rings. The largest absolute Gasteiger partial charge is 0.416 e. The Kier molecular flexibility index (Phi) is 4.59. The average Bonchev–Trinajstić information content (AvgIpc) is 2.71. The number of aromatic nitrogens is 2. The molecule has 5 nitrogen and oxygen atoms in total. The zero-order valence-electron chi connectivity index (χ0n) is 15.1. The van der Waals surface area contributed by atoms with Gasteiger partial charge in [-0.2, -0.15) is 13.2 Å². The molecule has 3 aromatic rings. The number of amides is 1. The van der Waals surface area contributed by atoms with Crippen molar-refractivity contribution in [2.24, 2.45) is 0 Å². The molecule has 1 amide bonds. The minimum atomic E-state index is -4.43. The van der Waals surface area contributed by atoms with Crippen LogP contribution >= 0.6 is 0 Å². The maximum Gasteiger partial charge on any atom is 0.416 e. The van der Waals surface area contributed by atoms with Gasteiger partial charge in [-0.25, -0.2) is 9.97 Å². The Balaban J connectivity index is 1.84. The van der Waals surface area contributed by atoms with Crippen LogP contribution in [0.1, 0.15) is 17.5 Å². The second kappa shape index (κ2) is 7.09. The summed E-state index contributed by atoms with van der Waals surface area (Å²) in [6, 6.07) is 8.80. The molecule has 1 aliphatic heterocycles. The molecule has 1 aliphatic rings. The predicted octanol–water partition coefficient (Wildman–Crippen LogP) is 4.30. The molecule has 29 heavy (non-hydrogen) atoms. The van der Waals surface area contributed by atoms with Crippen molar-refractivity contribution < 1.29 is 18.0 Å². The Hall–Kier alpha value is -3.60. The number of halogens is 3. The van der Waals surface area contributed by atoms with Crippen molar-refractivity contribution in [1.29, 1.82) is 0 Å². The Morgan fingerprint density at radius 3 is 2.76 bits per heavy atom. The molecule has 4 rings (SSSR count). The molecule has 1 aromatic heterocycles. The highest BCUT2D eigenvalue weighted by molar-refractivity contribution is 6.05. The number of nitrogens with one attached hydrogen (secondary N) is 1. The van der Waals surface area contributed by atoms with Crippen LogP contribution in [-0.2, 0) is 17.4 Å². The van der Waals surface area contributed by atoms with Gasteiger partial charge in [0, 0.05) is 23.3 Å². The van der Waals surface area contributed by atoms with E-state index >= 15 is 0 Å². The summed E-state index contributed by atoms with van der Waals surface area (Å²) in [6.07, 6.45) is 3.50. The lowest BCUT2D eigenvalue weighted by Gasteiger charge is -2.31. The van der Waals surface area contributed by atoms with E-state index in [2.05, 4.69) is 15.3 Å². The van der Waals surface area contributed by atoms with E-state index in [0.717, 1.165) is 24.1 Å². The maximum atomic E-state index is 13.2. The van der Waals surface area contributed by atoms with Gasteiger partial charge in [-0.1, -0.05) is 6.07 Å². The smallest absolute Gasteiger partial charge is 0.325 e. The van der Waals surface area contributed by atoms with Gasteiger partial charge in [-0.15, -0.1) is 6.42 Å². The molecule has 0 atom stereocenters. The monoisotopic (exact) mass is 396 g/mol. The highest BCUT2D eigenvalue weighted by Crippen LogP contribution is 2.39. The van der Waals surface area contributed by atoms with Crippen LogP contribution in [0.15, 0.2) is 42.7 Å². The Morgan fingerprint density at radius 1 is 1.17 bits per heavy atom. The van der Waals surface area contributed by atoms with Gasteiger partial charge in [0.05, 0.1) is 11.1 Å². The first-order valence-electron chi connectivity index (χ1n) is 8.87.